The third-order valence-electron chi connectivity index (χ3n) is 4.23. The minimum absolute atomic E-state index is 0.0219. The molecule has 0 aliphatic rings. The Morgan fingerprint density at radius 1 is 1.07 bits per heavy atom. The number of nitrogens with one attached hydrogen (secondary N) is 2. The average Bonchev–Trinajstić information content (AvgIpc) is 2.65. The lowest BCUT2D eigenvalue weighted by atomic mass is 10.1. The molecule has 0 radical (unpaired) electrons. The maximum atomic E-state index is 12.4. The zero-order chi connectivity index (χ0) is 19.8. The summed E-state index contributed by atoms with van der Waals surface area (Å²) in [6, 6.07) is 12.8. The number of benzene rings is 2. The molecule has 2 aromatic carbocycles. The van der Waals surface area contributed by atoms with E-state index in [9.17, 15) is 9.59 Å². The topological polar surface area (TPSA) is 61.4 Å². The van der Waals surface area contributed by atoms with Crippen LogP contribution in [0.15, 0.2) is 42.5 Å². The van der Waals surface area contributed by atoms with Gasteiger partial charge in [-0.1, -0.05) is 30.7 Å². The number of nitrogens with zero attached hydrogens (tertiary/aromatic N) is 1. The first kappa shape index (κ1) is 20.9. The summed E-state index contributed by atoms with van der Waals surface area (Å²) in [6.07, 6.45) is 0. The summed E-state index contributed by atoms with van der Waals surface area (Å²) in [6.45, 7) is 8.25. The first-order valence-electron chi connectivity index (χ1n) is 9.08. The van der Waals surface area contributed by atoms with Crippen LogP contribution in [0.4, 0.5) is 5.69 Å². The van der Waals surface area contributed by atoms with Crippen molar-refractivity contribution in [3.8, 4) is 0 Å². The van der Waals surface area contributed by atoms with Gasteiger partial charge in [-0.3, -0.25) is 14.5 Å². The van der Waals surface area contributed by atoms with Crippen LogP contribution in [-0.4, -0.2) is 36.3 Å². The fourth-order valence-electron chi connectivity index (χ4n) is 2.68. The quantitative estimate of drug-likeness (QED) is 0.723. The van der Waals surface area contributed by atoms with Crippen LogP contribution in [0.25, 0.3) is 0 Å². The van der Waals surface area contributed by atoms with Gasteiger partial charge in [0.1, 0.15) is 0 Å². The molecule has 0 fully saturated rings. The second kappa shape index (κ2) is 10.1. The second-order valence-electron chi connectivity index (χ2n) is 6.37. The van der Waals surface area contributed by atoms with Crippen molar-refractivity contribution >= 4 is 29.1 Å². The molecule has 0 aliphatic heterocycles. The Bertz CT molecular complexity index is 791. The lowest BCUT2D eigenvalue weighted by Crippen LogP contribution is -2.36. The van der Waals surface area contributed by atoms with E-state index in [0.717, 1.165) is 17.7 Å². The number of halogens is 1. The molecule has 0 saturated carbocycles. The van der Waals surface area contributed by atoms with Crippen LogP contribution in [0.1, 0.15) is 35.3 Å². The minimum Gasteiger partial charge on any atom is -0.355 e. The summed E-state index contributed by atoms with van der Waals surface area (Å²) in [5, 5.41) is 6.36. The molecule has 0 aliphatic carbocycles. The zero-order valence-corrected chi connectivity index (χ0v) is 16.8. The van der Waals surface area contributed by atoms with Gasteiger partial charge in [0.15, 0.2) is 0 Å². The van der Waals surface area contributed by atoms with Crippen LogP contribution < -0.4 is 10.6 Å². The average molecular weight is 388 g/mol. The predicted molar refractivity (Wildman–Crippen MR) is 110 cm³/mol. The summed E-state index contributed by atoms with van der Waals surface area (Å²) in [7, 11) is 0. The van der Waals surface area contributed by atoms with Crippen LogP contribution in [0.3, 0.4) is 0 Å². The number of hydrogen-bond acceptors (Lipinski definition) is 3. The number of aryl methyl sites for hydroxylation is 1. The Morgan fingerprint density at radius 3 is 2.37 bits per heavy atom. The van der Waals surface area contributed by atoms with Gasteiger partial charge in [0.25, 0.3) is 5.91 Å². The molecule has 5 nitrogen and oxygen atoms in total. The Hall–Kier alpha value is -2.37. The van der Waals surface area contributed by atoms with Crippen molar-refractivity contribution in [2.45, 2.75) is 27.3 Å². The maximum Gasteiger partial charge on any atom is 0.255 e. The largest absolute Gasteiger partial charge is 0.355 e. The first-order chi connectivity index (χ1) is 12.9. The summed E-state index contributed by atoms with van der Waals surface area (Å²) >= 11 is 6.01. The normalized spacial score (nSPS) is 10.7. The molecular weight excluding hydrogens is 362 g/mol. The number of carbonyl (C=O) groups excluding carboxylic acids is 2. The number of carbonyl (C=O) groups is 2. The van der Waals surface area contributed by atoms with E-state index in [1.807, 2.05) is 39.0 Å². The molecule has 0 heterocycles. The molecule has 2 N–H and O–H groups in total. The molecule has 0 bridgehead atoms. The highest BCUT2D eigenvalue weighted by atomic mass is 35.5. The molecule has 2 aromatic rings. The summed E-state index contributed by atoms with van der Waals surface area (Å²) in [4.78, 5) is 26.2. The number of likely N-dealkylation sites (N-methyl/N-ethyl adjacent to an activating group) is 2. The smallest absolute Gasteiger partial charge is 0.255 e. The van der Waals surface area contributed by atoms with Crippen molar-refractivity contribution in [1.29, 1.82) is 0 Å². The van der Waals surface area contributed by atoms with Crippen molar-refractivity contribution in [3.63, 3.8) is 0 Å². The summed E-state index contributed by atoms with van der Waals surface area (Å²) in [5.74, 6) is -0.147. The maximum absolute atomic E-state index is 12.4. The van der Waals surface area contributed by atoms with Crippen molar-refractivity contribution in [2.24, 2.45) is 0 Å². The van der Waals surface area contributed by atoms with Gasteiger partial charge in [-0.05, 0) is 61.9 Å². The molecular formula is C21H26ClN3O2. The van der Waals surface area contributed by atoms with E-state index in [-0.39, 0.29) is 11.8 Å². The zero-order valence-electron chi connectivity index (χ0n) is 16.0. The number of hydrogen-bond donors (Lipinski definition) is 2. The van der Waals surface area contributed by atoms with Crippen molar-refractivity contribution < 1.29 is 9.59 Å². The summed E-state index contributed by atoms with van der Waals surface area (Å²) < 4.78 is 0. The van der Waals surface area contributed by atoms with Gasteiger partial charge in [-0.25, -0.2) is 0 Å². The van der Waals surface area contributed by atoms with E-state index in [1.165, 1.54) is 0 Å². The van der Waals surface area contributed by atoms with Crippen LogP contribution >= 0.6 is 11.6 Å². The van der Waals surface area contributed by atoms with Gasteiger partial charge in [0, 0.05) is 29.4 Å². The number of anilines is 1. The van der Waals surface area contributed by atoms with Gasteiger partial charge < -0.3 is 10.6 Å². The molecule has 2 rings (SSSR count). The third-order valence-corrected chi connectivity index (χ3v) is 4.65. The molecule has 0 spiro atoms. The SMILES string of the molecule is CCNC(=O)CN(CC)Cc1ccc(C(=O)Nc2ccc(Cl)c(C)c2)cc1. The van der Waals surface area contributed by atoms with E-state index >= 15 is 0 Å². The van der Waals surface area contributed by atoms with Crippen LogP contribution in [0.5, 0.6) is 0 Å². The van der Waals surface area contributed by atoms with E-state index in [4.69, 9.17) is 11.6 Å². The van der Waals surface area contributed by atoms with Gasteiger partial charge in [-0.15, -0.1) is 0 Å². The highest BCUT2D eigenvalue weighted by Crippen LogP contribution is 2.20. The molecule has 0 atom stereocenters. The fraction of sp³-hybridized carbons (Fsp3) is 0.333. The van der Waals surface area contributed by atoms with Gasteiger partial charge in [-0.2, -0.15) is 0 Å². The van der Waals surface area contributed by atoms with E-state index in [2.05, 4.69) is 15.5 Å². The number of rotatable bonds is 8. The third kappa shape index (κ3) is 6.38. The second-order valence-corrected chi connectivity index (χ2v) is 6.78. The van der Waals surface area contributed by atoms with Crippen molar-refractivity contribution in [1.82, 2.24) is 10.2 Å². The molecule has 0 saturated heterocycles. The Morgan fingerprint density at radius 2 is 1.78 bits per heavy atom. The molecule has 6 heteroatoms. The molecule has 27 heavy (non-hydrogen) atoms. The van der Waals surface area contributed by atoms with Gasteiger partial charge >= 0.3 is 0 Å². The van der Waals surface area contributed by atoms with Crippen molar-refractivity contribution in [2.75, 3.05) is 25.0 Å². The minimum atomic E-state index is -0.169. The van der Waals surface area contributed by atoms with E-state index < -0.39 is 0 Å². The Balaban J connectivity index is 1.97. The van der Waals surface area contributed by atoms with E-state index in [0.29, 0.717) is 35.9 Å². The van der Waals surface area contributed by atoms with Crippen LogP contribution in [-0.2, 0) is 11.3 Å². The monoisotopic (exact) mass is 387 g/mol. The van der Waals surface area contributed by atoms with Crippen LogP contribution in [0, 0.1) is 6.92 Å². The lowest BCUT2D eigenvalue weighted by Gasteiger charge is -2.19. The van der Waals surface area contributed by atoms with Gasteiger partial charge in [0.05, 0.1) is 6.54 Å². The number of amides is 2. The molecule has 2 amide bonds. The van der Waals surface area contributed by atoms with Crippen molar-refractivity contribution in [3.05, 3.63) is 64.2 Å². The molecule has 0 aromatic heterocycles. The standard InChI is InChI=1S/C21H26ClN3O2/c1-4-23-20(26)14-25(5-2)13-16-6-8-17(9-7-16)21(27)24-18-10-11-19(22)15(3)12-18/h6-12H,4-5,13-14H2,1-3H3,(H,23,26)(H,24,27). The van der Waals surface area contributed by atoms with E-state index in [1.54, 1.807) is 24.3 Å². The Kier molecular flexibility index (Phi) is 7.82. The fourth-order valence-corrected chi connectivity index (χ4v) is 2.80. The Labute approximate surface area is 165 Å². The van der Waals surface area contributed by atoms with Crippen LogP contribution in [0.2, 0.25) is 5.02 Å². The molecule has 144 valence electrons. The lowest BCUT2D eigenvalue weighted by molar-refractivity contribution is -0.122. The summed E-state index contributed by atoms with van der Waals surface area (Å²) in [5.41, 5.74) is 3.26. The highest BCUT2D eigenvalue weighted by Gasteiger charge is 2.11. The van der Waals surface area contributed by atoms with Gasteiger partial charge in [0.2, 0.25) is 5.91 Å². The predicted octanol–water partition coefficient (Wildman–Crippen LogP) is 3.86. The molecule has 0 unspecified atom stereocenters. The first-order valence-corrected chi connectivity index (χ1v) is 9.46. The highest BCUT2D eigenvalue weighted by molar-refractivity contribution is 6.31.